The molecular weight excluding hydrogens is 380 g/mol. The second-order valence-corrected chi connectivity index (χ2v) is 7.71. The van der Waals surface area contributed by atoms with Gasteiger partial charge in [0.2, 0.25) is 5.91 Å². The SMILES string of the molecule is COc1ccc(CCN2C(=O)N[C@H](CC(=O)Nc3nc(C)c(C)s3)C2=O)cc1. The molecule has 8 nitrogen and oxygen atoms in total. The van der Waals surface area contributed by atoms with Crippen molar-refractivity contribution in [1.29, 1.82) is 0 Å². The van der Waals surface area contributed by atoms with Crippen LogP contribution in [0.4, 0.5) is 9.93 Å². The van der Waals surface area contributed by atoms with Crippen molar-refractivity contribution >= 4 is 34.3 Å². The zero-order valence-corrected chi connectivity index (χ0v) is 16.8. The van der Waals surface area contributed by atoms with Crippen LogP contribution in [-0.4, -0.2) is 47.4 Å². The predicted molar refractivity (Wildman–Crippen MR) is 106 cm³/mol. The number of urea groups is 1. The van der Waals surface area contributed by atoms with E-state index in [0.717, 1.165) is 26.8 Å². The molecule has 28 heavy (non-hydrogen) atoms. The van der Waals surface area contributed by atoms with E-state index in [0.29, 0.717) is 11.6 Å². The van der Waals surface area contributed by atoms with E-state index in [4.69, 9.17) is 4.74 Å². The Labute approximate surface area is 166 Å². The number of carbonyl (C=O) groups excluding carboxylic acids is 3. The van der Waals surface area contributed by atoms with Crippen LogP contribution in [0.1, 0.15) is 22.6 Å². The average molecular weight is 402 g/mol. The molecule has 2 heterocycles. The molecule has 0 saturated carbocycles. The fraction of sp³-hybridized carbons (Fsp3) is 0.368. The first-order chi connectivity index (χ1) is 13.4. The lowest BCUT2D eigenvalue weighted by molar-refractivity contribution is -0.129. The van der Waals surface area contributed by atoms with Crippen LogP contribution in [0.5, 0.6) is 5.75 Å². The van der Waals surface area contributed by atoms with Gasteiger partial charge in [0.05, 0.1) is 19.2 Å². The predicted octanol–water partition coefficient (Wildman–Crippen LogP) is 2.26. The van der Waals surface area contributed by atoms with Crippen molar-refractivity contribution in [3.8, 4) is 5.75 Å². The highest BCUT2D eigenvalue weighted by molar-refractivity contribution is 7.15. The number of hydrogen-bond acceptors (Lipinski definition) is 6. The van der Waals surface area contributed by atoms with E-state index >= 15 is 0 Å². The van der Waals surface area contributed by atoms with Gasteiger partial charge < -0.3 is 15.4 Å². The lowest BCUT2D eigenvalue weighted by atomic mass is 10.1. The average Bonchev–Trinajstić information content (AvgIpc) is 3.11. The van der Waals surface area contributed by atoms with Crippen LogP contribution in [0.25, 0.3) is 0 Å². The number of nitrogens with one attached hydrogen (secondary N) is 2. The second kappa shape index (κ2) is 8.39. The van der Waals surface area contributed by atoms with Crippen LogP contribution in [0.3, 0.4) is 0 Å². The van der Waals surface area contributed by atoms with Gasteiger partial charge in [0.15, 0.2) is 5.13 Å². The van der Waals surface area contributed by atoms with Gasteiger partial charge >= 0.3 is 6.03 Å². The maximum Gasteiger partial charge on any atom is 0.324 e. The molecule has 2 N–H and O–H groups in total. The van der Waals surface area contributed by atoms with Crippen molar-refractivity contribution in [3.63, 3.8) is 0 Å². The van der Waals surface area contributed by atoms with E-state index in [-0.39, 0.29) is 24.8 Å². The van der Waals surface area contributed by atoms with Gasteiger partial charge in [-0.15, -0.1) is 11.3 Å². The number of thiazole rings is 1. The molecule has 1 aliphatic rings. The van der Waals surface area contributed by atoms with E-state index in [1.54, 1.807) is 7.11 Å². The summed E-state index contributed by atoms with van der Waals surface area (Å²) in [5.74, 6) is 0.00000216. The number of nitrogens with zero attached hydrogens (tertiary/aromatic N) is 2. The Kier molecular flexibility index (Phi) is 5.93. The van der Waals surface area contributed by atoms with E-state index in [1.807, 2.05) is 38.1 Å². The van der Waals surface area contributed by atoms with Gasteiger partial charge in [-0.1, -0.05) is 12.1 Å². The van der Waals surface area contributed by atoms with Crippen LogP contribution >= 0.6 is 11.3 Å². The molecule has 0 aliphatic carbocycles. The van der Waals surface area contributed by atoms with Crippen LogP contribution < -0.4 is 15.4 Å². The number of aromatic nitrogens is 1. The fourth-order valence-corrected chi connectivity index (χ4v) is 3.67. The number of methoxy groups -OCH3 is 1. The van der Waals surface area contributed by atoms with Crippen LogP contribution in [0, 0.1) is 13.8 Å². The summed E-state index contributed by atoms with van der Waals surface area (Å²) in [5, 5.41) is 5.76. The summed E-state index contributed by atoms with van der Waals surface area (Å²) in [6.07, 6.45) is 0.404. The molecule has 9 heteroatoms. The van der Waals surface area contributed by atoms with Crippen LogP contribution in [0.2, 0.25) is 0 Å². The third-order valence-corrected chi connectivity index (χ3v) is 5.54. The third kappa shape index (κ3) is 4.48. The molecule has 2 aromatic rings. The number of aryl methyl sites for hydroxylation is 2. The van der Waals surface area contributed by atoms with Gasteiger partial charge in [0.1, 0.15) is 11.8 Å². The molecule has 148 valence electrons. The molecule has 1 aromatic heterocycles. The summed E-state index contributed by atoms with van der Waals surface area (Å²) >= 11 is 1.38. The maximum atomic E-state index is 12.5. The maximum absolute atomic E-state index is 12.5. The first-order valence-electron chi connectivity index (χ1n) is 8.86. The van der Waals surface area contributed by atoms with Gasteiger partial charge in [-0.05, 0) is 38.0 Å². The van der Waals surface area contributed by atoms with Gasteiger partial charge in [0.25, 0.3) is 5.91 Å². The van der Waals surface area contributed by atoms with Gasteiger partial charge in [-0.25, -0.2) is 9.78 Å². The summed E-state index contributed by atoms with van der Waals surface area (Å²) in [7, 11) is 1.59. The van der Waals surface area contributed by atoms with Crippen molar-refractivity contribution in [1.82, 2.24) is 15.2 Å². The molecule has 1 atom stereocenters. The minimum atomic E-state index is -0.856. The normalized spacial score (nSPS) is 16.2. The van der Waals surface area contributed by atoms with Crippen molar-refractivity contribution in [2.45, 2.75) is 32.7 Å². The second-order valence-electron chi connectivity index (χ2n) is 6.50. The topological polar surface area (TPSA) is 101 Å². The molecule has 1 aromatic carbocycles. The van der Waals surface area contributed by atoms with Crippen LogP contribution in [-0.2, 0) is 16.0 Å². The molecular formula is C19H22N4O4S. The minimum Gasteiger partial charge on any atom is -0.497 e. The lowest BCUT2D eigenvalue weighted by Crippen LogP contribution is -2.34. The third-order valence-electron chi connectivity index (χ3n) is 4.55. The molecule has 1 saturated heterocycles. The summed E-state index contributed by atoms with van der Waals surface area (Å²) in [6, 6.07) is 6.11. The number of imide groups is 1. The molecule has 0 bridgehead atoms. The Bertz CT molecular complexity index is 874. The quantitative estimate of drug-likeness (QED) is 0.692. The van der Waals surface area contributed by atoms with E-state index in [1.165, 1.54) is 11.3 Å². The molecule has 0 radical (unpaired) electrons. The zero-order valence-electron chi connectivity index (χ0n) is 15.9. The first-order valence-corrected chi connectivity index (χ1v) is 9.67. The highest BCUT2D eigenvalue weighted by Crippen LogP contribution is 2.21. The van der Waals surface area contributed by atoms with E-state index in [9.17, 15) is 14.4 Å². The summed E-state index contributed by atoms with van der Waals surface area (Å²) in [4.78, 5) is 43.3. The van der Waals surface area contributed by atoms with Gasteiger partial charge in [-0.2, -0.15) is 0 Å². The number of anilines is 1. The molecule has 1 aliphatic heterocycles. The molecule has 0 unspecified atom stereocenters. The number of ether oxygens (including phenoxy) is 1. The Hall–Kier alpha value is -2.94. The fourth-order valence-electron chi connectivity index (χ4n) is 2.84. The Balaban J connectivity index is 1.54. The van der Waals surface area contributed by atoms with Crippen molar-refractivity contribution < 1.29 is 19.1 Å². The highest BCUT2D eigenvalue weighted by atomic mass is 32.1. The summed E-state index contributed by atoms with van der Waals surface area (Å²) in [6.45, 7) is 4.03. The highest BCUT2D eigenvalue weighted by Gasteiger charge is 2.38. The van der Waals surface area contributed by atoms with Gasteiger partial charge in [-0.3, -0.25) is 14.5 Å². The molecule has 3 rings (SSSR count). The summed E-state index contributed by atoms with van der Waals surface area (Å²) in [5.41, 5.74) is 1.84. The summed E-state index contributed by atoms with van der Waals surface area (Å²) < 4.78 is 5.11. The van der Waals surface area contributed by atoms with E-state index in [2.05, 4.69) is 15.6 Å². The first kappa shape index (κ1) is 19.8. The number of amides is 4. The number of benzene rings is 1. The Morgan fingerprint density at radius 3 is 2.61 bits per heavy atom. The van der Waals surface area contributed by atoms with Crippen molar-refractivity contribution in [2.75, 3.05) is 19.0 Å². The largest absolute Gasteiger partial charge is 0.497 e. The van der Waals surface area contributed by atoms with Crippen LogP contribution in [0.15, 0.2) is 24.3 Å². The smallest absolute Gasteiger partial charge is 0.324 e. The van der Waals surface area contributed by atoms with E-state index < -0.39 is 12.1 Å². The van der Waals surface area contributed by atoms with Crippen molar-refractivity contribution in [3.05, 3.63) is 40.4 Å². The van der Waals surface area contributed by atoms with Gasteiger partial charge in [0, 0.05) is 11.4 Å². The monoisotopic (exact) mass is 402 g/mol. The van der Waals surface area contributed by atoms with Crippen molar-refractivity contribution in [2.24, 2.45) is 0 Å². The lowest BCUT2D eigenvalue weighted by Gasteiger charge is -2.13. The standard InChI is InChI=1S/C19H22N4O4S/c1-11-12(2)28-18(20-11)22-16(24)10-15-17(25)23(19(26)21-15)9-8-13-4-6-14(27-3)7-5-13/h4-7,15H,8-10H2,1-3H3,(H,21,26)(H,20,22,24)/t15-/m1/s1. The number of hydrogen-bond donors (Lipinski definition) is 2. The Morgan fingerprint density at radius 2 is 2.00 bits per heavy atom. The zero-order chi connectivity index (χ0) is 20.3. The molecule has 1 fully saturated rings. The number of rotatable bonds is 7. The molecule has 4 amide bonds. The molecule has 0 spiro atoms. The minimum absolute atomic E-state index is 0.124. The Morgan fingerprint density at radius 1 is 1.29 bits per heavy atom. The number of carbonyl (C=O) groups is 3.